The molecule has 0 radical (unpaired) electrons. The van der Waals surface area contributed by atoms with E-state index in [4.69, 9.17) is 10.5 Å². The number of ketones is 1. The third-order valence-corrected chi connectivity index (χ3v) is 6.96. The Morgan fingerprint density at radius 1 is 1.24 bits per heavy atom. The van der Waals surface area contributed by atoms with Gasteiger partial charge < -0.3 is 15.4 Å². The minimum Gasteiger partial charge on any atom is -0.380 e. The zero-order valence-electron chi connectivity index (χ0n) is 16.4. The number of hydrogen-bond donors (Lipinski definition) is 1. The first-order valence-corrected chi connectivity index (χ1v) is 11.5. The zero-order chi connectivity index (χ0) is 20.2. The Labute approximate surface area is 178 Å². The van der Waals surface area contributed by atoms with Crippen LogP contribution in [0.2, 0.25) is 0 Å². The minimum atomic E-state index is 0.102. The van der Waals surface area contributed by atoms with Crippen molar-refractivity contribution in [2.45, 2.75) is 24.9 Å². The summed E-state index contributed by atoms with van der Waals surface area (Å²) in [6, 6.07) is 10.1. The highest BCUT2D eigenvalue weighted by atomic mass is 32.2. The number of thiophene rings is 1. The van der Waals surface area contributed by atoms with E-state index in [1.165, 1.54) is 23.1 Å². The summed E-state index contributed by atoms with van der Waals surface area (Å²) in [5, 5.41) is 1.84. The van der Waals surface area contributed by atoms with E-state index in [0.29, 0.717) is 18.1 Å². The topological polar surface area (TPSA) is 81.3 Å². The number of aryl methyl sites for hydroxylation is 1. The van der Waals surface area contributed by atoms with Crippen molar-refractivity contribution in [3.8, 4) is 0 Å². The van der Waals surface area contributed by atoms with E-state index < -0.39 is 0 Å². The molecule has 3 heterocycles. The summed E-state index contributed by atoms with van der Waals surface area (Å²) in [6.45, 7) is 5.75. The standard InChI is InChI=1S/C21H24N4O2S2/c1-14-23-18-5-3-15(25-7-2-9-27-10-8-25)11-17(18)21(24-14)28-13-19(26)20-6-4-16(12-22)29-20/h3-6,11H,2,7-10,12-13,22H2,1H3. The van der Waals surface area contributed by atoms with Gasteiger partial charge in [-0.25, -0.2) is 9.97 Å². The molecule has 3 aromatic rings. The molecule has 2 N–H and O–H groups in total. The van der Waals surface area contributed by atoms with Crippen LogP contribution in [0.4, 0.5) is 5.69 Å². The molecule has 1 aliphatic rings. The Balaban J connectivity index is 1.58. The molecule has 0 bridgehead atoms. The molecule has 1 saturated heterocycles. The van der Waals surface area contributed by atoms with E-state index >= 15 is 0 Å². The first-order chi connectivity index (χ1) is 14.1. The summed E-state index contributed by atoms with van der Waals surface area (Å²) in [5.41, 5.74) is 7.71. The SMILES string of the molecule is Cc1nc(SCC(=O)c2ccc(CN)s2)c2cc(N3CCCOCC3)ccc2n1. The molecular formula is C21H24N4O2S2. The fourth-order valence-electron chi connectivity index (χ4n) is 3.35. The average Bonchev–Trinajstić information content (AvgIpc) is 3.06. The smallest absolute Gasteiger partial charge is 0.183 e. The largest absolute Gasteiger partial charge is 0.380 e. The monoisotopic (exact) mass is 428 g/mol. The van der Waals surface area contributed by atoms with Crippen molar-refractivity contribution in [3.05, 3.63) is 45.9 Å². The van der Waals surface area contributed by atoms with Crippen molar-refractivity contribution in [3.63, 3.8) is 0 Å². The van der Waals surface area contributed by atoms with Gasteiger partial charge in [0, 0.05) is 42.2 Å². The summed E-state index contributed by atoms with van der Waals surface area (Å²) in [5.74, 6) is 1.16. The maximum atomic E-state index is 12.6. The fraction of sp³-hybridized carbons (Fsp3) is 0.381. The molecule has 1 fully saturated rings. The number of carbonyl (C=O) groups excluding carboxylic acids is 1. The molecule has 6 nitrogen and oxygen atoms in total. The summed E-state index contributed by atoms with van der Waals surface area (Å²) < 4.78 is 5.58. The van der Waals surface area contributed by atoms with E-state index in [0.717, 1.165) is 64.1 Å². The minimum absolute atomic E-state index is 0.102. The molecule has 8 heteroatoms. The molecule has 0 atom stereocenters. The first-order valence-electron chi connectivity index (χ1n) is 9.70. The lowest BCUT2D eigenvalue weighted by Crippen LogP contribution is -2.25. The van der Waals surface area contributed by atoms with E-state index in [-0.39, 0.29) is 5.78 Å². The lowest BCUT2D eigenvalue weighted by atomic mass is 10.2. The molecule has 0 aliphatic carbocycles. The van der Waals surface area contributed by atoms with Gasteiger partial charge >= 0.3 is 0 Å². The molecule has 2 aromatic heterocycles. The van der Waals surface area contributed by atoms with Gasteiger partial charge in [0.2, 0.25) is 0 Å². The Morgan fingerprint density at radius 2 is 2.14 bits per heavy atom. The Kier molecular flexibility index (Phi) is 6.44. The van der Waals surface area contributed by atoms with E-state index in [1.54, 1.807) is 0 Å². The highest BCUT2D eigenvalue weighted by Crippen LogP contribution is 2.30. The van der Waals surface area contributed by atoms with Crippen LogP contribution >= 0.6 is 23.1 Å². The molecule has 4 rings (SSSR count). The van der Waals surface area contributed by atoms with Crippen molar-refractivity contribution < 1.29 is 9.53 Å². The number of ether oxygens (including phenoxy) is 1. The highest BCUT2D eigenvalue weighted by Gasteiger charge is 2.15. The van der Waals surface area contributed by atoms with Crippen LogP contribution in [0.5, 0.6) is 0 Å². The maximum Gasteiger partial charge on any atom is 0.183 e. The number of thioether (sulfide) groups is 1. The van der Waals surface area contributed by atoms with Gasteiger partial charge in [-0.15, -0.1) is 11.3 Å². The van der Waals surface area contributed by atoms with Gasteiger partial charge in [-0.2, -0.15) is 0 Å². The lowest BCUT2D eigenvalue weighted by molar-refractivity contribution is 0.102. The van der Waals surface area contributed by atoms with Gasteiger partial charge in [-0.1, -0.05) is 11.8 Å². The second-order valence-electron chi connectivity index (χ2n) is 6.91. The number of rotatable bonds is 6. The quantitative estimate of drug-likeness (QED) is 0.364. The third-order valence-electron chi connectivity index (χ3n) is 4.82. The number of nitrogens with two attached hydrogens (primary N) is 1. The Bertz CT molecular complexity index is 1010. The van der Waals surface area contributed by atoms with Crippen LogP contribution in [-0.2, 0) is 11.3 Å². The molecular weight excluding hydrogens is 404 g/mol. The number of fused-ring (bicyclic) bond motifs is 1. The van der Waals surface area contributed by atoms with E-state index in [1.807, 2.05) is 25.1 Å². The van der Waals surface area contributed by atoms with Gasteiger partial charge in [-0.05, 0) is 43.7 Å². The van der Waals surface area contributed by atoms with Crippen LogP contribution < -0.4 is 10.6 Å². The maximum absolute atomic E-state index is 12.6. The molecule has 1 aromatic carbocycles. The third kappa shape index (κ3) is 4.78. The molecule has 0 spiro atoms. The zero-order valence-corrected chi connectivity index (χ0v) is 18.0. The molecule has 0 amide bonds. The number of hydrogen-bond acceptors (Lipinski definition) is 8. The molecule has 0 unspecified atom stereocenters. The molecule has 29 heavy (non-hydrogen) atoms. The van der Waals surface area contributed by atoms with Gasteiger partial charge in [0.15, 0.2) is 5.78 Å². The summed E-state index contributed by atoms with van der Waals surface area (Å²) in [4.78, 5) is 25.9. The van der Waals surface area contributed by atoms with Crippen LogP contribution in [0, 0.1) is 6.92 Å². The van der Waals surface area contributed by atoms with Crippen molar-refractivity contribution in [1.29, 1.82) is 0 Å². The van der Waals surface area contributed by atoms with Gasteiger partial charge in [-0.3, -0.25) is 4.79 Å². The van der Waals surface area contributed by atoms with Gasteiger partial charge in [0.25, 0.3) is 0 Å². The average molecular weight is 429 g/mol. The van der Waals surface area contributed by atoms with Crippen LogP contribution in [0.25, 0.3) is 10.9 Å². The fourth-order valence-corrected chi connectivity index (χ4v) is 5.21. The number of benzene rings is 1. The normalized spacial score (nSPS) is 14.9. The van der Waals surface area contributed by atoms with E-state index in [2.05, 4.69) is 27.0 Å². The molecule has 1 aliphatic heterocycles. The van der Waals surface area contributed by atoms with Crippen LogP contribution in [0.3, 0.4) is 0 Å². The molecule has 0 saturated carbocycles. The van der Waals surface area contributed by atoms with Crippen molar-refractivity contribution >= 4 is 45.5 Å². The van der Waals surface area contributed by atoms with Crippen molar-refractivity contribution in [2.75, 3.05) is 37.0 Å². The second kappa shape index (κ2) is 9.21. The van der Waals surface area contributed by atoms with E-state index in [9.17, 15) is 4.79 Å². The van der Waals surface area contributed by atoms with Crippen LogP contribution in [0.1, 0.15) is 26.8 Å². The van der Waals surface area contributed by atoms with Crippen molar-refractivity contribution in [2.24, 2.45) is 5.73 Å². The van der Waals surface area contributed by atoms with Crippen LogP contribution in [0.15, 0.2) is 35.4 Å². The number of aromatic nitrogens is 2. The summed E-state index contributed by atoms with van der Waals surface area (Å²) in [7, 11) is 0. The van der Waals surface area contributed by atoms with Crippen LogP contribution in [-0.4, -0.2) is 47.8 Å². The summed E-state index contributed by atoms with van der Waals surface area (Å²) in [6.07, 6.45) is 1.02. The number of carbonyl (C=O) groups is 1. The summed E-state index contributed by atoms with van der Waals surface area (Å²) >= 11 is 2.94. The number of anilines is 1. The lowest BCUT2D eigenvalue weighted by Gasteiger charge is -2.22. The Hall–Kier alpha value is -2.00. The Morgan fingerprint density at radius 3 is 2.97 bits per heavy atom. The van der Waals surface area contributed by atoms with Gasteiger partial charge in [0.1, 0.15) is 10.9 Å². The second-order valence-corrected chi connectivity index (χ2v) is 9.04. The highest BCUT2D eigenvalue weighted by molar-refractivity contribution is 8.00. The predicted molar refractivity (Wildman–Crippen MR) is 119 cm³/mol. The van der Waals surface area contributed by atoms with Gasteiger partial charge in [0.05, 0.1) is 22.8 Å². The first kappa shape index (κ1) is 20.3. The predicted octanol–water partition coefficient (Wildman–Crippen LogP) is 3.66. The number of Topliss-reactive ketones (excluding diaryl/α,β-unsaturated/α-hetero) is 1. The number of nitrogens with zero attached hydrogens (tertiary/aromatic N) is 3. The molecule has 152 valence electrons. The van der Waals surface area contributed by atoms with Crippen molar-refractivity contribution in [1.82, 2.24) is 9.97 Å².